The standard InChI is InChI=1S/C22H20FNO3S/c23-17-9-8-13-6-7-15(10-16(13)11-17)18-12-28-21(19(18)22(26)27)24-20(25)14-4-2-1-3-5-14/h1-5,8-9,11-12,15,20,24-25H,6-7,10H2,(H,26,27). The molecule has 2 unspecified atom stereocenters. The van der Waals surface area contributed by atoms with E-state index in [-0.39, 0.29) is 17.3 Å². The minimum atomic E-state index is -1.02. The van der Waals surface area contributed by atoms with E-state index in [9.17, 15) is 19.4 Å². The van der Waals surface area contributed by atoms with Crippen molar-refractivity contribution >= 4 is 22.3 Å². The van der Waals surface area contributed by atoms with Gasteiger partial charge in [-0.15, -0.1) is 11.3 Å². The lowest BCUT2D eigenvalue weighted by Crippen LogP contribution is -2.16. The normalized spacial score (nSPS) is 17.0. The van der Waals surface area contributed by atoms with Crippen LogP contribution in [0.5, 0.6) is 0 Å². The van der Waals surface area contributed by atoms with E-state index in [0.717, 1.165) is 29.5 Å². The molecule has 144 valence electrons. The number of hydrogen-bond acceptors (Lipinski definition) is 4. The van der Waals surface area contributed by atoms with Gasteiger partial charge >= 0.3 is 5.97 Å². The van der Waals surface area contributed by atoms with Crippen molar-refractivity contribution in [1.82, 2.24) is 0 Å². The molecular weight excluding hydrogens is 377 g/mol. The minimum Gasteiger partial charge on any atom is -0.478 e. The quantitative estimate of drug-likeness (QED) is 0.532. The van der Waals surface area contributed by atoms with Gasteiger partial charge < -0.3 is 15.5 Å². The summed E-state index contributed by atoms with van der Waals surface area (Å²) in [6, 6.07) is 13.9. The first-order valence-corrected chi connectivity index (χ1v) is 10.0. The maximum Gasteiger partial charge on any atom is 0.338 e. The van der Waals surface area contributed by atoms with Gasteiger partial charge in [-0.25, -0.2) is 9.18 Å². The van der Waals surface area contributed by atoms with E-state index in [0.29, 0.717) is 17.0 Å². The first-order chi connectivity index (χ1) is 13.5. The van der Waals surface area contributed by atoms with Crippen molar-refractivity contribution in [2.75, 3.05) is 5.32 Å². The van der Waals surface area contributed by atoms with Crippen LogP contribution in [-0.4, -0.2) is 16.2 Å². The molecule has 0 fully saturated rings. The minimum absolute atomic E-state index is 0.0149. The molecule has 2 atom stereocenters. The summed E-state index contributed by atoms with van der Waals surface area (Å²) < 4.78 is 13.6. The lowest BCUT2D eigenvalue weighted by molar-refractivity contribution is 0.0696. The number of carboxylic acids is 1. The van der Waals surface area contributed by atoms with Gasteiger partial charge in [0.25, 0.3) is 0 Å². The molecule has 28 heavy (non-hydrogen) atoms. The predicted molar refractivity (Wildman–Crippen MR) is 107 cm³/mol. The van der Waals surface area contributed by atoms with Gasteiger partial charge in [0.15, 0.2) is 6.23 Å². The number of halogens is 1. The monoisotopic (exact) mass is 397 g/mol. The van der Waals surface area contributed by atoms with E-state index < -0.39 is 12.2 Å². The number of rotatable bonds is 5. The SMILES string of the molecule is O=C(O)c1c(C2CCc3ccc(F)cc3C2)csc1NC(O)c1ccccc1. The van der Waals surface area contributed by atoms with Crippen LogP contribution in [0.3, 0.4) is 0 Å². The summed E-state index contributed by atoms with van der Waals surface area (Å²) in [6.45, 7) is 0. The van der Waals surface area contributed by atoms with Crippen molar-refractivity contribution in [1.29, 1.82) is 0 Å². The third kappa shape index (κ3) is 3.66. The predicted octanol–water partition coefficient (Wildman–Crippen LogP) is 4.96. The maximum atomic E-state index is 13.6. The number of carboxylic acid groups (broad SMARTS) is 1. The molecule has 3 aromatic rings. The summed E-state index contributed by atoms with van der Waals surface area (Å²) in [7, 11) is 0. The summed E-state index contributed by atoms with van der Waals surface area (Å²) in [5.41, 5.74) is 3.68. The highest BCUT2D eigenvalue weighted by molar-refractivity contribution is 7.14. The molecule has 1 aliphatic rings. The molecule has 1 aromatic heterocycles. The summed E-state index contributed by atoms with van der Waals surface area (Å²) in [5.74, 6) is -1.28. The van der Waals surface area contributed by atoms with E-state index in [1.165, 1.54) is 17.4 Å². The van der Waals surface area contributed by atoms with E-state index in [4.69, 9.17) is 0 Å². The van der Waals surface area contributed by atoms with E-state index in [2.05, 4.69) is 5.32 Å². The van der Waals surface area contributed by atoms with Crippen LogP contribution in [0, 0.1) is 5.82 Å². The Bertz CT molecular complexity index is 1000. The number of hydrogen-bond donors (Lipinski definition) is 3. The number of aliphatic hydroxyl groups excluding tert-OH is 1. The van der Waals surface area contributed by atoms with Gasteiger partial charge in [0.2, 0.25) is 0 Å². The third-order valence-corrected chi connectivity index (χ3v) is 6.18. The van der Waals surface area contributed by atoms with Crippen LogP contribution in [0.15, 0.2) is 53.9 Å². The van der Waals surface area contributed by atoms with E-state index in [1.807, 2.05) is 29.6 Å². The Labute approximate surface area is 166 Å². The van der Waals surface area contributed by atoms with Crippen LogP contribution in [0.2, 0.25) is 0 Å². The molecule has 3 N–H and O–H groups in total. The molecule has 0 spiro atoms. The number of aromatic carboxylic acids is 1. The number of thiophene rings is 1. The molecule has 0 bridgehead atoms. The Hall–Kier alpha value is -2.70. The number of aliphatic hydroxyl groups is 1. The molecular formula is C22H20FNO3S. The van der Waals surface area contributed by atoms with Crippen molar-refractivity contribution in [3.05, 3.63) is 87.5 Å². The van der Waals surface area contributed by atoms with Crippen molar-refractivity contribution < 1.29 is 19.4 Å². The fourth-order valence-corrected chi connectivity index (χ4v) is 4.89. The van der Waals surface area contributed by atoms with E-state index >= 15 is 0 Å². The Balaban J connectivity index is 1.61. The van der Waals surface area contributed by atoms with Gasteiger partial charge in [-0.1, -0.05) is 36.4 Å². The zero-order chi connectivity index (χ0) is 19.7. The van der Waals surface area contributed by atoms with Gasteiger partial charge in [-0.05, 0) is 59.4 Å². The average molecular weight is 397 g/mol. The zero-order valence-electron chi connectivity index (χ0n) is 15.1. The Morgan fingerprint density at radius 2 is 1.96 bits per heavy atom. The lowest BCUT2D eigenvalue weighted by atomic mass is 9.80. The topological polar surface area (TPSA) is 69.6 Å². The second-order valence-corrected chi connectivity index (χ2v) is 7.89. The highest BCUT2D eigenvalue weighted by Gasteiger charge is 2.28. The van der Waals surface area contributed by atoms with Crippen LogP contribution in [0.4, 0.5) is 9.39 Å². The van der Waals surface area contributed by atoms with Crippen molar-refractivity contribution in [2.45, 2.75) is 31.4 Å². The smallest absolute Gasteiger partial charge is 0.338 e. The maximum absolute atomic E-state index is 13.6. The molecule has 2 aromatic carbocycles. The first kappa shape index (κ1) is 18.7. The van der Waals surface area contributed by atoms with Gasteiger partial charge in [0, 0.05) is 5.56 Å². The van der Waals surface area contributed by atoms with E-state index in [1.54, 1.807) is 18.2 Å². The average Bonchev–Trinajstić information content (AvgIpc) is 3.12. The number of carbonyl (C=O) groups is 1. The summed E-state index contributed by atoms with van der Waals surface area (Å²) in [4.78, 5) is 12.0. The second kappa shape index (κ2) is 7.73. The van der Waals surface area contributed by atoms with Gasteiger partial charge in [-0.3, -0.25) is 0 Å². The van der Waals surface area contributed by atoms with Crippen LogP contribution >= 0.6 is 11.3 Å². The van der Waals surface area contributed by atoms with Gasteiger partial charge in [0.1, 0.15) is 10.8 Å². The molecule has 1 heterocycles. The highest BCUT2D eigenvalue weighted by Crippen LogP contribution is 2.40. The van der Waals surface area contributed by atoms with Crippen LogP contribution in [0.25, 0.3) is 0 Å². The highest BCUT2D eigenvalue weighted by atomic mass is 32.1. The van der Waals surface area contributed by atoms with Gasteiger partial charge in [0.05, 0.1) is 5.56 Å². The lowest BCUT2D eigenvalue weighted by Gasteiger charge is -2.25. The molecule has 0 aliphatic heterocycles. The number of aryl methyl sites for hydroxylation is 1. The second-order valence-electron chi connectivity index (χ2n) is 7.01. The summed E-state index contributed by atoms with van der Waals surface area (Å²) in [5, 5.41) is 25.4. The Kier molecular flexibility index (Phi) is 5.15. The van der Waals surface area contributed by atoms with Crippen LogP contribution < -0.4 is 5.32 Å². The van der Waals surface area contributed by atoms with Crippen molar-refractivity contribution in [3.63, 3.8) is 0 Å². The summed E-state index contributed by atoms with van der Waals surface area (Å²) >= 11 is 1.28. The first-order valence-electron chi connectivity index (χ1n) is 9.14. The Morgan fingerprint density at radius 3 is 2.71 bits per heavy atom. The fourth-order valence-electron chi connectivity index (χ4n) is 3.83. The van der Waals surface area contributed by atoms with Crippen molar-refractivity contribution in [3.8, 4) is 0 Å². The summed E-state index contributed by atoms with van der Waals surface area (Å²) in [6.07, 6.45) is 1.23. The van der Waals surface area contributed by atoms with Crippen molar-refractivity contribution in [2.24, 2.45) is 0 Å². The molecule has 0 saturated carbocycles. The zero-order valence-corrected chi connectivity index (χ0v) is 15.9. The number of anilines is 1. The Morgan fingerprint density at radius 1 is 1.18 bits per heavy atom. The van der Waals surface area contributed by atoms with Gasteiger partial charge in [-0.2, -0.15) is 0 Å². The fraction of sp³-hybridized carbons (Fsp3) is 0.227. The molecule has 1 aliphatic carbocycles. The molecule has 4 nitrogen and oxygen atoms in total. The molecule has 6 heteroatoms. The molecule has 0 radical (unpaired) electrons. The van der Waals surface area contributed by atoms with Crippen LogP contribution in [0.1, 0.15) is 51.2 Å². The third-order valence-electron chi connectivity index (χ3n) is 5.25. The largest absolute Gasteiger partial charge is 0.478 e. The molecule has 4 rings (SSSR count). The number of fused-ring (bicyclic) bond motifs is 1. The number of benzene rings is 2. The molecule has 0 amide bonds. The van der Waals surface area contributed by atoms with Crippen LogP contribution in [-0.2, 0) is 12.8 Å². The number of nitrogens with one attached hydrogen (secondary N) is 1. The molecule has 0 saturated heterocycles.